The van der Waals surface area contributed by atoms with Crippen molar-refractivity contribution in [3.8, 4) is 0 Å². The van der Waals surface area contributed by atoms with Gasteiger partial charge in [-0.25, -0.2) is 0 Å². The van der Waals surface area contributed by atoms with Crippen molar-refractivity contribution < 1.29 is 13.0 Å². The van der Waals surface area contributed by atoms with E-state index < -0.39 is 10.1 Å². The average molecular weight is 214 g/mol. The summed E-state index contributed by atoms with van der Waals surface area (Å²) < 4.78 is 29.8. The van der Waals surface area contributed by atoms with Gasteiger partial charge in [-0.3, -0.25) is 4.55 Å². The minimum absolute atomic E-state index is 0.314. The van der Waals surface area contributed by atoms with Crippen LogP contribution in [0.3, 0.4) is 0 Å². The van der Waals surface area contributed by atoms with E-state index in [-0.39, 0.29) is 5.75 Å². The molecule has 0 heterocycles. The van der Waals surface area contributed by atoms with Gasteiger partial charge in [0.05, 0.1) is 0 Å². The molecule has 0 aliphatic carbocycles. The fourth-order valence-electron chi connectivity index (χ4n) is 1.21. The van der Waals surface area contributed by atoms with Gasteiger partial charge in [0.2, 0.25) is 0 Å². The van der Waals surface area contributed by atoms with Crippen LogP contribution in [-0.4, -0.2) is 13.0 Å². The van der Waals surface area contributed by atoms with Crippen molar-refractivity contribution >= 4 is 10.1 Å². The standard InChI is InChI=1S/C10H14O3S/c1-8(2)10-5-3-9(4-6-10)7-14(11,12)13/h3-6,8H,7H2,1-2H3,(H,11,12,13). The summed E-state index contributed by atoms with van der Waals surface area (Å²) in [6.07, 6.45) is 0. The van der Waals surface area contributed by atoms with Gasteiger partial charge in [-0.1, -0.05) is 38.1 Å². The normalized spacial score (nSPS) is 12.0. The van der Waals surface area contributed by atoms with Crippen LogP contribution < -0.4 is 0 Å². The SMILES string of the molecule is CC(C)c1ccc(CS(=O)(=O)O)cc1. The van der Waals surface area contributed by atoms with Crippen LogP contribution in [0.1, 0.15) is 30.9 Å². The molecule has 0 fully saturated rings. The zero-order valence-electron chi connectivity index (χ0n) is 8.27. The smallest absolute Gasteiger partial charge is 0.269 e. The Morgan fingerprint density at radius 1 is 1.21 bits per heavy atom. The molecular weight excluding hydrogens is 200 g/mol. The Bertz CT molecular complexity index is 390. The molecule has 1 aromatic rings. The summed E-state index contributed by atoms with van der Waals surface area (Å²) in [4.78, 5) is 0. The highest BCUT2D eigenvalue weighted by molar-refractivity contribution is 7.85. The monoisotopic (exact) mass is 214 g/mol. The molecular formula is C10H14O3S. The molecule has 1 N–H and O–H groups in total. The van der Waals surface area contributed by atoms with E-state index in [9.17, 15) is 8.42 Å². The molecule has 1 rings (SSSR count). The Kier molecular flexibility index (Phi) is 3.29. The Hall–Kier alpha value is -0.870. The summed E-state index contributed by atoms with van der Waals surface area (Å²) in [6, 6.07) is 7.21. The second kappa shape index (κ2) is 4.11. The maximum absolute atomic E-state index is 10.6. The van der Waals surface area contributed by atoms with Crippen LogP contribution in [0.4, 0.5) is 0 Å². The average Bonchev–Trinajstić information content (AvgIpc) is 2.02. The van der Waals surface area contributed by atoms with E-state index in [1.807, 2.05) is 12.1 Å². The molecule has 1 aromatic carbocycles. The molecule has 14 heavy (non-hydrogen) atoms. The minimum atomic E-state index is -3.91. The second-order valence-corrected chi connectivity index (χ2v) is 5.08. The van der Waals surface area contributed by atoms with Crippen LogP contribution in [0.5, 0.6) is 0 Å². The molecule has 0 aliphatic rings. The predicted molar refractivity (Wildman–Crippen MR) is 55.8 cm³/mol. The second-order valence-electron chi connectivity index (χ2n) is 3.62. The first kappa shape index (κ1) is 11.2. The summed E-state index contributed by atoms with van der Waals surface area (Å²) in [5.41, 5.74) is 1.76. The van der Waals surface area contributed by atoms with Gasteiger partial charge in [0, 0.05) is 0 Å². The molecule has 0 amide bonds. The first-order valence-electron chi connectivity index (χ1n) is 4.42. The van der Waals surface area contributed by atoms with Gasteiger partial charge in [0.15, 0.2) is 0 Å². The highest BCUT2D eigenvalue weighted by atomic mass is 32.2. The summed E-state index contributed by atoms with van der Waals surface area (Å²) in [6.45, 7) is 4.13. The molecule has 0 saturated heterocycles. The zero-order valence-corrected chi connectivity index (χ0v) is 9.08. The number of benzene rings is 1. The lowest BCUT2D eigenvalue weighted by Crippen LogP contribution is -2.01. The minimum Gasteiger partial charge on any atom is -0.285 e. The van der Waals surface area contributed by atoms with E-state index in [0.717, 1.165) is 5.56 Å². The van der Waals surface area contributed by atoms with E-state index in [2.05, 4.69) is 13.8 Å². The van der Waals surface area contributed by atoms with Crippen molar-refractivity contribution in [2.75, 3.05) is 0 Å². The third kappa shape index (κ3) is 3.47. The lowest BCUT2D eigenvalue weighted by Gasteiger charge is -2.05. The predicted octanol–water partition coefficient (Wildman–Crippen LogP) is 2.20. The third-order valence-corrected chi connectivity index (χ3v) is 2.69. The summed E-state index contributed by atoms with van der Waals surface area (Å²) >= 11 is 0. The van der Waals surface area contributed by atoms with Crippen molar-refractivity contribution in [3.05, 3.63) is 35.4 Å². The Morgan fingerprint density at radius 2 is 1.71 bits per heavy atom. The number of hydrogen-bond donors (Lipinski definition) is 1. The summed E-state index contributed by atoms with van der Waals surface area (Å²) in [7, 11) is -3.91. The van der Waals surface area contributed by atoms with Crippen LogP contribution in [0, 0.1) is 0 Å². The van der Waals surface area contributed by atoms with E-state index in [1.54, 1.807) is 12.1 Å². The van der Waals surface area contributed by atoms with E-state index >= 15 is 0 Å². The van der Waals surface area contributed by atoms with Gasteiger partial charge >= 0.3 is 0 Å². The highest BCUT2D eigenvalue weighted by Crippen LogP contribution is 2.15. The highest BCUT2D eigenvalue weighted by Gasteiger charge is 2.06. The molecule has 0 unspecified atom stereocenters. The van der Waals surface area contributed by atoms with Crippen molar-refractivity contribution in [1.29, 1.82) is 0 Å². The molecule has 0 saturated carbocycles. The molecule has 0 aliphatic heterocycles. The fraction of sp³-hybridized carbons (Fsp3) is 0.400. The molecule has 3 nitrogen and oxygen atoms in total. The Labute approximate surface area is 84.5 Å². The topological polar surface area (TPSA) is 54.4 Å². The van der Waals surface area contributed by atoms with Crippen molar-refractivity contribution in [2.45, 2.75) is 25.5 Å². The van der Waals surface area contributed by atoms with Crippen LogP contribution in [0.25, 0.3) is 0 Å². The first-order valence-corrected chi connectivity index (χ1v) is 6.03. The summed E-state index contributed by atoms with van der Waals surface area (Å²) in [5.74, 6) is 0.112. The van der Waals surface area contributed by atoms with Crippen molar-refractivity contribution in [3.63, 3.8) is 0 Å². The number of rotatable bonds is 3. The molecule has 4 heteroatoms. The van der Waals surface area contributed by atoms with Gasteiger partial charge in [-0.05, 0) is 17.0 Å². The lowest BCUT2D eigenvalue weighted by atomic mass is 10.0. The molecule has 0 radical (unpaired) electrons. The molecule has 0 bridgehead atoms. The van der Waals surface area contributed by atoms with Crippen molar-refractivity contribution in [2.24, 2.45) is 0 Å². The maximum atomic E-state index is 10.6. The number of hydrogen-bond acceptors (Lipinski definition) is 2. The van der Waals surface area contributed by atoms with Crippen LogP contribution in [0.2, 0.25) is 0 Å². The Balaban J connectivity index is 2.84. The fourth-order valence-corrected chi connectivity index (χ4v) is 1.82. The summed E-state index contributed by atoms with van der Waals surface area (Å²) in [5, 5.41) is 0. The lowest BCUT2D eigenvalue weighted by molar-refractivity contribution is 0.482. The van der Waals surface area contributed by atoms with E-state index in [0.29, 0.717) is 11.5 Å². The molecule has 0 aromatic heterocycles. The first-order chi connectivity index (χ1) is 6.38. The van der Waals surface area contributed by atoms with E-state index in [4.69, 9.17) is 4.55 Å². The molecule has 0 atom stereocenters. The maximum Gasteiger partial charge on any atom is 0.269 e. The van der Waals surface area contributed by atoms with Crippen LogP contribution in [0.15, 0.2) is 24.3 Å². The third-order valence-electron chi connectivity index (χ3n) is 2.00. The van der Waals surface area contributed by atoms with Gasteiger partial charge in [-0.15, -0.1) is 0 Å². The van der Waals surface area contributed by atoms with Crippen LogP contribution in [-0.2, 0) is 15.9 Å². The quantitative estimate of drug-likeness (QED) is 0.785. The largest absolute Gasteiger partial charge is 0.285 e. The molecule has 0 spiro atoms. The van der Waals surface area contributed by atoms with Gasteiger partial charge in [-0.2, -0.15) is 8.42 Å². The van der Waals surface area contributed by atoms with E-state index in [1.165, 1.54) is 0 Å². The molecule has 78 valence electrons. The van der Waals surface area contributed by atoms with Crippen molar-refractivity contribution in [1.82, 2.24) is 0 Å². The van der Waals surface area contributed by atoms with Gasteiger partial charge < -0.3 is 0 Å². The zero-order chi connectivity index (χ0) is 10.8. The van der Waals surface area contributed by atoms with Crippen LogP contribution >= 0.6 is 0 Å². The van der Waals surface area contributed by atoms with Gasteiger partial charge in [0.1, 0.15) is 5.75 Å². The Morgan fingerprint density at radius 3 is 2.07 bits per heavy atom. The van der Waals surface area contributed by atoms with Gasteiger partial charge in [0.25, 0.3) is 10.1 Å².